The van der Waals surface area contributed by atoms with E-state index in [1.54, 1.807) is 18.2 Å². The molecule has 3 aromatic carbocycles. The minimum absolute atomic E-state index is 0.160. The highest BCUT2D eigenvalue weighted by Crippen LogP contribution is 2.28. The maximum Gasteiger partial charge on any atom is 0.131 e. The summed E-state index contributed by atoms with van der Waals surface area (Å²) in [6.07, 6.45) is 0. The van der Waals surface area contributed by atoms with Crippen molar-refractivity contribution in [1.29, 1.82) is 0 Å². The molecular weight excluding hydrogens is 290 g/mol. The molecule has 0 N–H and O–H groups in total. The first-order valence-electron chi connectivity index (χ1n) is 7.66. The number of hydrogen-bond donors (Lipinski definition) is 0. The van der Waals surface area contributed by atoms with Crippen LogP contribution in [0.3, 0.4) is 0 Å². The van der Waals surface area contributed by atoms with Gasteiger partial charge in [0, 0.05) is 11.5 Å². The van der Waals surface area contributed by atoms with Gasteiger partial charge in [0.15, 0.2) is 0 Å². The van der Waals surface area contributed by atoms with Crippen LogP contribution in [0.4, 0.5) is 8.78 Å². The van der Waals surface area contributed by atoms with Crippen LogP contribution in [-0.4, -0.2) is 0 Å². The van der Waals surface area contributed by atoms with Gasteiger partial charge in [-0.2, -0.15) is 0 Å². The first-order valence-corrected chi connectivity index (χ1v) is 7.66. The van der Waals surface area contributed by atoms with Crippen molar-refractivity contribution in [1.82, 2.24) is 0 Å². The second-order valence-corrected chi connectivity index (χ2v) is 5.88. The van der Waals surface area contributed by atoms with Gasteiger partial charge < -0.3 is 0 Å². The molecule has 2 heteroatoms. The van der Waals surface area contributed by atoms with Crippen LogP contribution in [-0.2, 0) is 0 Å². The summed E-state index contributed by atoms with van der Waals surface area (Å²) in [7, 11) is 0. The molecule has 0 saturated carbocycles. The maximum atomic E-state index is 14.1. The van der Waals surface area contributed by atoms with Gasteiger partial charge >= 0.3 is 0 Å². The van der Waals surface area contributed by atoms with E-state index in [1.165, 1.54) is 12.1 Å². The Hall–Kier alpha value is -2.48. The van der Waals surface area contributed by atoms with Crippen LogP contribution in [0.1, 0.15) is 29.5 Å². The van der Waals surface area contributed by atoms with E-state index in [0.717, 1.165) is 22.3 Å². The second-order valence-electron chi connectivity index (χ2n) is 5.88. The fraction of sp³-hybridized carbons (Fsp3) is 0.143. The largest absolute Gasteiger partial charge is 0.207 e. The Morgan fingerprint density at radius 2 is 1.30 bits per heavy atom. The van der Waals surface area contributed by atoms with Crippen LogP contribution in [0.25, 0.3) is 11.1 Å². The molecule has 0 aliphatic carbocycles. The third-order valence-corrected chi connectivity index (χ3v) is 4.22. The Kier molecular flexibility index (Phi) is 4.24. The molecule has 1 atom stereocenters. The number of aryl methyl sites for hydroxylation is 1. The van der Waals surface area contributed by atoms with Crippen molar-refractivity contribution in [3.05, 3.63) is 95.1 Å². The van der Waals surface area contributed by atoms with E-state index in [9.17, 15) is 8.78 Å². The van der Waals surface area contributed by atoms with Gasteiger partial charge in [0.25, 0.3) is 0 Å². The molecule has 0 heterocycles. The third kappa shape index (κ3) is 3.31. The average Bonchev–Trinajstić information content (AvgIpc) is 2.55. The zero-order valence-electron chi connectivity index (χ0n) is 13.2. The van der Waals surface area contributed by atoms with E-state index in [-0.39, 0.29) is 17.6 Å². The zero-order valence-corrected chi connectivity index (χ0v) is 13.2. The summed E-state index contributed by atoms with van der Waals surface area (Å²) in [6, 6.07) is 19.7. The first-order chi connectivity index (χ1) is 11.0. The Morgan fingerprint density at radius 3 is 1.87 bits per heavy atom. The molecule has 23 heavy (non-hydrogen) atoms. The van der Waals surface area contributed by atoms with E-state index in [2.05, 4.69) is 6.92 Å². The molecule has 3 aromatic rings. The molecule has 0 aliphatic heterocycles. The van der Waals surface area contributed by atoms with Crippen LogP contribution < -0.4 is 0 Å². The maximum absolute atomic E-state index is 14.1. The molecular formula is C21H18F2. The quantitative estimate of drug-likeness (QED) is 0.549. The summed E-state index contributed by atoms with van der Waals surface area (Å²) in [5.74, 6) is -0.275. The monoisotopic (exact) mass is 308 g/mol. The summed E-state index contributed by atoms with van der Waals surface area (Å²) in [5, 5.41) is 0. The average molecular weight is 308 g/mol. The molecule has 0 saturated heterocycles. The van der Waals surface area contributed by atoms with E-state index in [0.29, 0.717) is 5.56 Å². The van der Waals surface area contributed by atoms with Crippen molar-refractivity contribution in [3.8, 4) is 11.1 Å². The molecule has 0 amide bonds. The lowest BCUT2D eigenvalue weighted by molar-refractivity contribution is 0.626. The molecule has 1 unspecified atom stereocenters. The number of rotatable bonds is 3. The highest BCUT2D eigenvalue weighted by molar-refractivity contribution is 5.65. The van der Waals surface area contributed by atoms with Crippen LogP contribution in [0.2, 0.25) is 0 Å². The number of halogens is 2. The Labute approximate surface area is 135 Å². The van der Waals surface area contributed by atoms with E-state index < -0.39 is 0 Å². The molecule has 0 aliphatic rings. The molecule has 0 bridgehead atoms. The fourth-order valence-electron chi connectivity index (χ4n) is 2.75. The van der Waals surface area contributed by atoms with Crippen LogP contribution in [0.5, 0.6) is 0 Å². The summed E-state index contributed by atoms with van der Waals surface area (Å²) < 4.78 is 27.1. The van der Waals surface area contributed by atoms with Crippen LogP contribution in [0.15, 0.2) is 66.7 Å². The van der Waals surface area contributed by atoms with Gasteiger partial charge in [0.2, 0.25) is 0 Å². The van der Waals surface area contributed by atoms with Crippen LogP contribution in [0, 0.1) is 18.6 Å². The van der Waals surface area contributed by atoms with Crippen molar-refractivity contribution in [3.63, 3.8) is 0 Å². The second kappa shape index (κ2) is 6.33. The van der Waals surface area contributed by atoms with E-state index >= 15 is 0 Å². The SMILES string of the molecule is Cc1ccc(-c2ccc(C(C)c3ccc(F)cc3)cc2)c(F)c1. The molecule has 0 spiro atoms. The smallest absolute Gasteiger partial charge is 0.131 e. The van der Waals surface area contributed by atoms with Gasteiger partial charge in [-0.25, -0.2) is 8.78 Å². The van der Waals surface area contributed by atoms with Gasteiger partial charge in [0.05, 0.1) is 0 Å². The van der Waals surface area contributed by atoms with Gasteiger partial charge in [-0.1, -0.05) is 55.5 Å². The Balaban J connectivity index is 1.88. The minimum Gasteiger partial charge on any atom is -0.207 e. The third-order valence-electron chi connectivity index (χ3n) is 4.22. The highest BCUT2D eigenvalue weighted by atomic mass is 19.1. The van der Waals surface area contributed by atoms with Crippen molar-refractivity contribution >= 4 is 0 Å². The van der Waals surface area contributed by atoms with Crippen molar-refractivity contribution in [2.75, 3.05) is 0 Å². The van der Waals surface area contributed by atoms with Gasteiger partial charge in [-0.15, -0.1) is 0 Å². The molecule has 0 aromatic heterocycles. The fourth-order valence-corrected chi connectivity index (χ4v) is 2.75. The highest BCUT2D eigenvalue weighted by Gasteiger charge is 2.10. The Bertz CT molecular complexity index is 802. The standard InChI is InChI=1S/C21H18F2/c1-14-3-12-20(21(23)13-14)18-6-4-16(5-7-18)15(2)17-8-10-19(22)11-9-17/h3-13,15H,1-2H3. The van der Waals surface area contributed by atoms with E-state index in [4.69, 9.17) is 0 Å². The summed E-state index contributed by atoms with van der Waals surface area (Å²) in [5.41, 5.74) is 4.55. The lowest BCUT2D eigenvalue weighted by atomic mass is 9.91. The summed E-state index contributed by atoms with van der Waals surface area (Å²) in [4.78, 5) is 0. The lowest BCUT2D eigenvalue weighted by Gasteiger charge is -2.13. The van der Waals surface area contributed by atoms with Gasteiger partial charge in [-0.05, 0) is 47.4 Å². The van der Waals surface area contributed by atoms with Gasteiger partial charge in [0.1, 0.15) is 11.6 Å². The summed E-state index contributed by atoms with van der Waals surface area (Å²) in [6.45, 7) is 3.95. The molecule has 3 rings (SSSR count). The molecule has 116 valence electrons. The predicted molar refractivity (Wildman–Crippen MR) is 90.5 cm³/mol. The molecule has 0 fully saturated rings. The summed E-state index contributed by atoms with van der Waals surface area (Å²) >= 11 is 0. The molecule has 0 nitrogen and oxygen atoms in total. The van der Waals surface area contributed by atoms with Crippen molar-refractivity contribution < 1.29 is 8.78 Å². The Morgan fingerprint density at radius 1 is 0.739 bits per heavy atom. The molecule has 0 radical (unpaired) electrons. The van der Waals surface area contributed by atoms with Crippen molar-refractivity contribution in [2.24, 2.45) is 0 Å². The van der Waals surface area contributed by atoms with Crippen LogP contribution >= 0.6 is 0 Å². The number of benzene rings is 3. The zero-order chi connectivity index (χ0) is 16.4. The number of hydrogen-bond acceptors (Lipinski definition) is 0. The van der Waals surface area contributed by atoms with Crippen molar-refractivity contribution in [2.45, 2.75) is 19.8 Å². The predicted octanol–water partition coefficient (Wildman–Crippen LogP) is 6.09. The van der Waals surface area contributed by atoms with E-state index in [1.807, 2.05) is 43.3 Å². The minimum atomic E-state index is -0.230. The lowest BCUT2D eigenvalue weighted by Crippen LogP contribution is -1.96. The first kappa shape index (κ1) is 15.4. The van der Waals surface area contributed by atoms with Gasteiger partial charge in [-0.3, -0.25) is 0 Å². The topological polar surface area (TPSA) is 0 Å². The normalized spacial score (nSPS) is 12.2.